The first-order valence-electron chi connectivity index (χ1n) is 15.8. The fourth-order valence-corrected chi connectivity index (χ4v) is 5.66. The van der Waals surface area contributed by atoms with Crippen molar-refractivity contribution in [3.63, 3.8) is 0 Å². The van der Waals surface area contributed by atoms with E-state index in [2.05, 4.69) is 10.4 Å². The van der Waals surface area contributed by atoms with Crippen molar-refractivity contribution in [2.24, 2.45) is 11.2 Å². The van der Waals surface area contributed by atoms with Crippen molar-refractivity contribution in [1.29, 1.82) is 0 Å². The number of carbonyl (C=O) groups excluding carboxylic acids is 2. The second-order valence-corrected chi connectivity index (χ2v) is 13.7. The van der Waals surface area contributed by atoms with Gasteiger partial charge in [-0.15, -0.1) is 5.01 Å². The third kappa shape index (κ3) is 10.4. The fourth-order valence-electron chi connectivity index (χ4n) is 4.77. The van der Waals surface area contributed by atoms with Crippen LogP contribution in [-0.4, -0.2) is 66.2 Å². The lowest BCUT2D eigenvalue weighted by atomic mass is 10.0. The Kier molecular flexibility index (Phi) is 12.5. The summed E-state index contributed by atoms with van der Waals surface area (Å²) in [7, 11) is -3.16. The van der Waals surface area contributed by atoms with Crippen molar-refractivity contribution in [1.82, 2.24) is 19.5 Å². The van der Waals surface area contributed by atoms with Gasteiger partial charge < -0.3 is 14.7 Å². The first kappa shape index (κ1) is 39.1. The fraction of sp³-hybridized carbons (Fsp3) is 0.324. The number of carbonyl (C=O) groups is 2. The minimum atomic E-state index is -4.73. The van der Waals surface area contributed by atoms with Gasteiger partial charge in [0.2, 0.25) is 5.28 Å². The molecule has 14 nitrogen and oxygen atoms in total. The number of hydrogen-bond acceptors (Lipinski definition) is 10. The number of nitrogens with zero attached hydrogens (tertiary/aromatic N) is 5. The summed E-state index contributed by atoms with van der Waals surface area (Å²) in [4.78, 5) is 29.5. The molecule has 52 heavy (non-hydrogen) atoms. The number of ether oxygens (including phenoxy) is 2. The Morgan fingerprint density at radius 1 is 1.02 bits per heavy atom. The zero-order valence-electron chi connectivity index (χ0n) is 28.8. The van der Waals surface area contributed by atoms with E-state index >= 15 is 0 Å². The van der Waals surface area contributed by atoms with Gasteiger partial charge in [0.15, 0.2) is 5.69 Å². The molecule has 1 N–H and O–H groups in total. The number of alkyl halides is 3. The molecule has 1 heterocycles. The van der Waals surface area contributed by atoms with E-state index in [0.29, 0.717) is 12.0 Å². The Bertz CT molecular complexity index is 1970. The highest BCUT2D eigenvalue weighted by atomic mass is 32.2. The summed E-state index contributed by atoms with van der Waals surface area (Å²) in [6, 6.07) is 19.7. The first-order valence-corrected chi connectivity index (χ1v) is 17.3. The van der Waals surface area contributed by atoms with Crippen LogP contribution in [0.4, 0.5) is 18.0 Å². The zero-order valence-corrected chi connectivity index (χ0v) is 29.6. The Hall–Kier alpha value is -5.65. The summed E-state index contributed by atoms with van der Waals surface area (Å²) in [5.74, 6) is -0.697. The molecule has 18 heteroatoms. The van der Waals surface area contributed by atoms with E-state index in [1.807, 2.05) is 20.8 Å². The molecular formula is C34H37F3N6O8S. The molecular weight excluding hydrogens is 709 g/mol. The Morgan fingerprint density at radius 2 is 1.65 bits per heavy atom. The van der Waals surface area contributed by atoms with Gasteiger partial charge >= 0.3 is 18.2 Å². The van der Waals surface area contributed by atoms with Gasteiger partial charge in [0.25, 0.3) is 16.3 Å². The number of sulfonamides is 1. The van der Waals surface area contributed by atoms with Gasteiger partial charge in [0.05, 0.1) is 33.9 Å². The molecule has 0 radical (unpaired) electrons. The number of amides is 1. The lowest BCUT2D eigenvalue weighted by Gasteiger charge is -2.25. The van der Waals surface area contributed by atoms with Crippen LogP contribution in [0.15, 0.2) is 95.1 Å². The second kappa shape index (κ2) is 16.6. The van der Waals surface area contributed by atoms with E-state index in [-0.39, 0.29) is 32.7 Å². The third-order valence-corrected chi connectivity index (χ3v) is 8.78. The standard InChI is InChI=1S/C34H37F3N6O8S/c1-22(2)19-28(41(5)43(46)40-51-24(4)50-32(44)26-9-7-6-8-10-26)21-49-33(45)39-52(47,48)29-17-15-27(16-18-29)42-30(20-31(38-42)34(35,36)37)25-13-11-23(3)12-14-25/h6-18,20,22,24,28H,19,21H2,1-5H3,(H,39,45)/t24?,28-/m0/s1. The molecule has 0 spiro atoms. The van der Waals surface area contributed by atoms with Gasteiger partial charge in [-0.2, -0.15) is 18.3 Å². The van der Waals surface area contributed by atoms with Gasteiger partial charge in [0.1, 0.15) is 12.6 Å². The van der Waals surface area contributed by atoms with Crippen molar-refractivity contribution < 1.29 is 50.5 Å². The van der Waals surface area contributed by atoms with Crippen LogP contribution in [0.3, 0.4) is 0 Å². The predicted molar refractivity (Wildman–Crippen MR) is 180 cm³/mol. The number of benzene rings is 3. The molecule has 1 unspecified atom stereocenters. The van der Waals surface area contributed by atoms with Crippen LogP contribution >= 0.6 is 0 Å². The molecule has 4 rings (SSSR count). The quantitative estimate of drug-likeness (QED) is 0.0486. The van der Waals surface area contributed by atoms with E-state index in [1.54, 1.807) is 47.2 Å². The summed E-state index contributed by atoms with van der Waals surface area (Å²) in [5, 5.41) is 20.8. The molecule has 0 saturated carbocycles. The molecule has 1 aromatic heterocycles. The summed E-state index contributed by atoms with van der Waals surface area (Å²) < 4.78 is 79.8. The van der Waals surface area contributed by atoms with E-state index in [4.69, 9.17) is 14.3 Å². The zero-order chi connectivity index (χ0) is 38.2. The van der Waals surface area contributed by atoms with Crippen LogP contribution in [0, 0.1) is 18.0 Å². The van der Waals surface area contributed by atoms with Gasteiger partial charge in [-0.25, -0.2) is 27.4 Å². The van der Waals surface area contributed by atoms with Crippen LogP contribution in [0.25, 0.3) is 16.9 Å². The highest BCUT2D eigenvalue weighted by Gasteiger charge is 2.35. The van der Waals surface area contributed by atoms with Crippen LogP contribution in [0.2, 0.25) is 0 Å². The molecule has 278 valence electrons. The van der Waals surface area contributed by atoms with Gasteiger partial charge in [-0.05, 0) is 61.7 Å². The smallest absolute Gasteiger partial charge is 0.435 e. The summed E-state index contributed by atoms with van der Waals surface area (Å²) >= 11 is 0. The van der Waals surface area contributed by atoms with E-state index in [0.717, 1.165) is 33.5 Å². The summed E-state index contributed by atoms with van der Waals surface area (Å²) in [5.41, 5.74) is 0.749. The van der Waals surface area contributed by atoms with Crippen molar-refractivity contribution in [3.8, 4) is 16.9 Å². The van der Waals surface area contributed by atoms with Gasteiger partial charge in [-0.3, -0.25) is 4.84 Å². The maximum Gasteiger partial charge on any atom is 0.435 e. The van der Waals surface area contributed by atoms with Crippen LogP contribution in [-0.2, 0) is 30.5 Å². The van der Waals surface area contributed by atoms with E-state index in [1.165, 1.54) is 38.2 Å². The Morgan fingerprint density at radius 3 is 2.25 bits per heavy atom. The molecule has 1 amide bonds. The molecule has 0 aliphatic carbocycles. The van der Waals surface area contributed by atoms with E-state index in [9.17, 15) is 36.4 Å². The molecule has 0 aliphatic heterocycles. The summed E-state index contributed by atoms with van der Waals surface area (Å²) in [6.07, 6.45) is -7.00. The Balaban J connectivity index is 1.40. The molecule has 0 saturated heterocycles. The maximum absolute atomic E-state index is 13.6. The lowest BCUT2D eigenvalue weighted by molar-refractivity contribution is -0.715. The number of hydrogen-bond donors (Lipinski definition) is 1. The third-order valence-electron chi connectivity index (χ3n) is 7.45. The van der Waals surface area contributed by atoms with Crippen LogP contribution in [0.5, 0.6) is 0 Å². The summed E-state index contributed by atoms with van der Waals surface area (Å²) in [6.45, 7) is 6.44. The van der Waals surface area contributed by atoms with Gasteiger partial charge in [0, 0.05) is 12.5 Å². The van der Waals surface area contributed by atoms with Crippen molar-refractivity contribution in [2.75, 3.05) is 13.7 Å². The lowest BCUT2D eigenvalue weighted by Crippen LogP contribution is -2.43. The molecule has 4 aromatic rings. The van der Waals surface area contributed by atoms with Crippen molar-refractivity contribution in [3.05, 3.63) is 107 Å². The molecule has 0 bridgehead atoms. The average Bonchev–Trinajstić information content (AvgIpc) is 3.56. The molecule has 0 aliphatic rings. The topological polar surface area (TPSA) is 167 Å². The molecule has 3 aromatic carbocycles. The minimum Gasteiger partial charge on any atom is -0.569 e. The number of aryl methyl sites for hydroxylation is 1. The monoisotopic (exact) mass is 746 g/mol. The molecule has 2 atom stereocenters. The number of esters is 1. The number of hydrazine groups is 1. The number of aromatic nitrogens is 2. The maximum atomic E-state index is 13.6. The molecule has 0 fully saturated rings. The van der Waals surface area contributed by atoms with E-state index < -0.39 is 52.9 Å². The van der Waals surface area contributed by atoms with Crippen molar-refractivity contribution >= 4 is 22.1 Å². The van der Waals surface area contributed by atoms with Gasteiger partial charge in [-0.1, -0.05) is 61.9 Å². The number of rotatable bonds is 14. The predicted octanol–water partition coefficient (Wildman–Crippen LogP) is 6.64. The average molecular weight is 747 g/mol. The minimum absolute atomic E-state index is 0.00468. The normalized spacial score (nSPS) is 13.3. The second-order valence-electron chi connectivity index (χ2n) is 12.0. The van der Waals surface area contributed by atoms with Crippen LogP contribution < -0.4 is 4.72 Å². The number of likely N-dealkylation sites (N-methyl/N-ethyl adjacent to an activating group) is 1. The highest BCUT2D eigenvalue weighted by molar-refractivity contribution is 7.90. The Labute approximate surface area is 298 Å². The van der Waals surface area contributed by atoms with Crippen LogP contribution in [0.1, 0.15) is 48.8 Å². The SMILES string of the molecule is Cc1ccc(-c2cc(C(F)(F)F)nn2-c2ccc(S(=O)(=O)NC(=O)OC[C@H](CC(C)C)N(C)[N+]([O-])=NOC(C)OC(=O)c3ccccc3)cc2)cc1. The number of halogens is 3. The largest absolute Gasteiger partial charge is 0.569 e. The first-order chi connectivity index (χ1) is 24.4. The highest BCUT2D eigenvalue weighted by Crippen LogP contribution is 2.33. The van der Waals surface area contributed by atoms with Crippen molar-refractivity contribution in [2.45, 2.75) is 57.5 Å². The number of nitrogens with one attached hydrogen (secondary N) is 1.